The third kappa shape index (κ3) is 8.56. The van der Waals surface area contributed by atoms with Crippen molar-refractivity contribution in [1.82, 2.24) is 14.1 Å². The largest absolute Gasteiger partial charge is 0.510 e. The van der Waals surface area contributed by atoms with Gasteiger partial charge in [0.25, 0.3) is 6.33 Å². The van der Waals surface area contributed by atoms with Crippen molar-refractivity contribution in [3.05, 3.63) is 247 Å². The van der Waals surface area contributed by atoms with Crippen LogP contribution in [0.3, 0.4) is 0 Å². The molecule has 0 saturated carbocycles. The van der Waals surface area contributed by atoms with Gasteiger partial charge in [0.05, 0.1) is 16.7 Å². The Balaban J connectivity index is 0.00000694. The number of aryl methyl sites for hydroxylation is 2. The van der Waals surface area contributed by atoms with Gasteiger partial charge >= 0.3 is 0 Å². The average Bonchev–Trinajstić information content (AvgIpc) is 1.62. The van der Waals surface area contributed by atoms with Crippen LogP contribution in [0.2, 0.25) is 0 Å². The molecule has 0 aliphatic carbocycles. The normalized spacial score (nSPS) is 13.6. The molecular formula is C76H58N4O2Pt-2. The Hall–Kier alpha value is -9.09. The van der Waals surface area contributed by atoms with Crippen molar-refractivity contribution < 1.29 is 43.0 Å². The molecule has 0 saturated heterocycles. The standard InChI is InChI=1S/C76H58N4O2.Pt/c1-46-19-17-20-47(2)72(46)49-38-64-57-25-11-9-23-55(57)56-24-10-12-26-58(56)65-41-51(76(6,7)8)40-62(48-31-34-70-63(37-48)61-28-14-16-30-69(61)82-70)73(65)79-45-78(68(39-49)74(64)79)52-21-18-22-53(43-52)81-54-32-33-60-59-27-13-15-29-66(59)80(67(60)44-54)71-42-50(35-36-77-71)75(3,4)5;/h9-42H,1-8H3;/q-2;/i1D3,2D3;. The topological polar surface area (TPSA) is 49.0 Å². The SMILES string of the molecule is [2H]C([2H])([2H])c1cccc(C([2H])([2H])[2H])c1-c1cc2c3c(c1)n(-c1[c-]c(Oc4[c-]c5c(cc4)c4ccccc4n5-c4cc(C(C)(C)C)ccn4)ccc1)[c-][n+]3-c1c(-c3ccc4oc5ccccc5c4c3)cc(C(C)(C)C)cc1-c1ccccc1-c1ccccc1-2.[Pt]. The van der Waals surface area contributed by atoms with Crippen molar-refractivity contribution in [3.63, 3.8) is 0 Å². The molecule has 0 N–H and O–H groups in total. The second kappa shape index (κ2) is 19.5. The molecule has 10 aromatic carbocycles. The van der Waals surface area contributed by atoms with Gasteiger partial charge in [-0.3, -0.25) is 4.57 Å². The third-order valence-electron chi connectivity index (χ3n) is 16.3. The Morgan fingerprint density at radius 3 is 1.90 bits per heavy atom. The molecule has 1 aliphatic rings. The first-order chi connectivity index (χ1) is 42.2. The molecule has 0 spiro atoms. The number of pyridine rings is 1. The number of rotatable bonds is 6. The number of ether oxygens (including phenoxy) is 1. The molecule has 0 radical (unpaired) electrons. The van der Waals surface area contributed by atoms with Gasteiger partial charge in [0.1, 0.15) is 17.0 Å². The molecule has 406 valence electrons. The monoisotopic (exact) mass is 1260 g/mol. The molecule has 14 aromatic rings. The van der Waals surface area contributed by atoms with Crippen LogP contribution >= 0.6 is 0 Å². The van der Waals surface area contributed by atoms with E-state index in [1.807, 2.05) is 89.6 Å². The van der Waals surface area contributed by atoms with Crippen LogP contribution in [-0.2, 0) is 31.9 Å². The number of hydrogen-bond acceptors (Lipinski definition) is 3. The van der Waals surface area contributed by atoms with Crippen LogP contribution in [0.5, 0.6) is 11.5 Å². The summed E-state index contributed by atoms with van der Waals surface area (Å²) in [4.78, 5) is 4.90. The number of aromatic nitrogens is 4. The number of benzene rings is 10. The van der Waals surface area contributed by atoms with Gasteiger partial charge < -0.3 is 18.3 Å². The molecule has 5 heterocycles. The average molecular weight is 1260 g/mol. The Morgan fingerprint density at radius 1 is 0.506 bits per heavy atom. The number of fused-ring (bicyclic) bond motifs is 13. The minimum atomic E-state index is -2.68. The quantitative estimate of drug-likeness (QED) is 0.123. The zero-order valence-electron chi connectivity index (χ0n) is 52.6. The summed E-state index contributed by atoms with van der Waals surface area (Å²) in [7, 11) is 0. The van der Waals surface area contributed by atoms with Crippen molar-refractivity contribution in [1.29, 1.82) is 0 Å². The molecule has 7 heteroatoms. The van der Waals surface area contributed by atoms with E-state index in [2.05, 4.69) is 172 Å². The number of para-hydroxylation sites is 2. The first-order valence-corrected chi connectivity index (χ1v) is 27.8. The fraction of sp³-hybridized carbons (Fsp3) is 0.132. The minimum absolute atomic E-state index is 0. The van der Waals surface area contributed by atoms with Gasteiger partial charge in [-0.15, -0.1) is 29.7 Å². The number of nitrogens with zero attached hydrogens (tertiary/aromatic N) is 4. The van der Waals surface area contributed by atoms with Crippen molar-refractivity contribution in [3.8, 4) is 84.3 Å². The van der Waals surface area contributed by atoms with Crippen LogP contribution in [0.25, 0.3) is 128 Å². The molecule has 1 aliphatic heterocycles. The van der Waals surface area contributed by atoms with Crippen LogP contribution in [-0.4, -0.2) is 14.1 Å². The molecule has 6 nitrogen and oxygen atoms in total. The second-order valence-electron chi connectivity index (χ2n) is 23.6. The summed E-state index contributed by atoms with van der Waals surface area (Å²) in [6, 6.07) is 73.8. The molecule has 0 bridgehead atoms. The van der Waals surface area contributed by atoms with E-state index < -0.39 is 13.7 Å². The summed E-state index contributed by atoms with van der Waals surface area (Å²) < 4.78 is 73.0. The van der Waals surface area contributed by atoms with Crippen molar-refractivity contribution in [2.24, 2.45) is 0 Å². The summed E-state index contributed by atoms with van der Waals surface area (Å²) in [6.45, 7) is 7.94. The second-order valence-corrected chi connectivity index (χ2v) is 23.6. The van der Waals surface area contributed by atoms with E-state index in [-0.39, 0.29) is 48.6 Å². The van der Waals surface area contributed by atoms with Crippen molar-refractivity contribution in [2.75, 3.05) is 0 Å². The zero-order chi connectivity index (χ0) is 60.8. The molecule has 4 aromatic heterocycles. The van der Waals surface area contributed by atoms with E-state index in [1.165, 1.54) is 18.2 Å². The molecule has 0 unspecified atom stereocenters. The van der Waals surface area contributed by atoms with Crippen LogP contribution in [0.15, 0.2) is 211 Å². The first-order valence-electron chi connectivity index (χ1n) is 30.8. The summed E-state index contributed by atoms with van der Waals surface area (Å²) in [5.41, 5.74) is 15.7. The van der Waals surface area contributed by atoms with E-state index in [0.29, 0.717) is 28.3 Å². The predicted octanol–water partition coefficient (Wildman–Crippen LogP) is 19.3. The van der Waals surface area contributed by atoms with E-state index in [9.17, 15) is 0 Å². The fourth-order valence-electron chi connectivity index (χ4n) is 12.2. The Morgan fingerprint density at radius 2 is 1.16 bits per heavy atom. The summed E-state index contributed by atoms with van der Waals surface area (Å²) >= 11 is 0. The Labute approximate surface area is 506 Å². The van der Waals surface area contributed by atoms with E-state index in [0.717, 1.165) is 116 Å². The molecule has 0 fully saturated rings. The van der Waals surface area contributed by atoms with E-state index in [4.69, 9.17) is 22.4 Å². The molecular weight excluding hydrogens is 1200 g/mol. The van der Waals surface area contributed by atoms with Gasteiger partial charge in [-0.05, 0) is 156 Å². The fourth-order valence-corrected chi connectivity index (χ4v) is 12.2. The number of furan rings is 1. The smallest absolute Gasteiger partial charge is 0.268 e. The summed E-state index contributed by atoms with van der Waals surface area (Å²) in [6.07, 6.45) is 5.78. The molecule has 83 heavy (non-hydrogen) atoms. The van der Waals surface area contributed by atoms with Gasteiger partial charge in [0.15, 0.2) is 0 Å². The molecule has 0 atom stereocenters. The van der Waals surface area contributed by atoms with Crippen LogP contribution < -0.4 is 9.30 Å². The molecule has 0 amide bonds. The van der Waals surface area contributed by atoms with Crippen molar-refractivity contribution in [2.45, 2.75) is 66.1 Å². The third-order valence-corrected chi connectivity index (χ3v) is 16.3. The Kier molecular flexibility index (Phi) is 10.7. The van der Waals surface area contributed by atoms with Gasteiger partial charge in [-0.25, -0.2) is 4.98 Å². The summed E-state index contributed by atoms with van der Waals surface area (Å²) in [5, 5.41) is 4.05. The maximum absolute atomic E-state index is 8.92. The van der Waals surface area contributed by atoms with Crippen LogP contribution in [0.4, 0.5) is 0 Å². The van der Waals surface area contributed by atoms with E-state index in [1.54, 1.807) is 0 Å². The minimum Gasteiger partial charge on any atom is -0.510 e. The zero-order valence-corrected chi connectivity index (χ0v) is 48.8. The number of imidazole rings is 1. The van der Waals surface area contributed by atoms with E-state index >= 15 is 0 Å². The van der Waals surface area contributed by atoms with Crippen LogP contribution in [0.1, 0.15) is 72.0 Å². The predicted molar refractivity (Wildman–Crippen MR) is 335 cm³/mol. The first kappa shape index (κ1) is 45.5. The van der Waals surface area contributed by atoms with Crippen LogP contribution in [0, 0.1) is 32.2 Å². The van der Waals surface area contributed by atoms with Gasteiger partial charge in [-0.2, -0.15) is 18.2 Å². The van der Waals surface area contributed by atoms with Crippen molar-refractivity contribution >= 4 is 54.8 Å². The van der Waals surface area contributed by atoms with Gasteiger partial charge in [0, 0.05) is 63.3 Å². The summed E-state index contributed by atoms with van der Waals surface area (Å²) in [5.74, 6) is 1.64. The van der Waals surface area contributed by atoms with Gasteiger partial charge in [-0.1, -0.05) is 174 Å². The number of hydrogen-bond donors (Lipinski definition) is 0. The maximum Gasteiger partial charge on any atom is 0.268 e. The Bertz CT molecular complexity index is 5180. The van der Waals surface area contributed by atoms with Gasteiger partial charge in [0.2, 0.25) is 0 Å². The molecule has 15 rings (SSSR count). The maximum atomic E-state index is 8.92.